The van der Waals surface area contributed by atoms with Crippen molar-refractivity contribution in [1.29, 1.82) is 0 Å². The Bertz CT molecular complexity index is 1000. The molecule has 2 heteroatoms. The maximum Gasteiger partial charge on any atom is 0.125 e. The van der Waals surface area contributed by atoms with Crippen LogP contribution in [0.2, 0.25) is 13.1 Å². The lowest BCUT2D eigenvalue weighted by molar-refractivity contribution is 0.419. The first-order chi connectivity index (χ1) is 13.0. The molecule has 1 atom stereocenters. The van der Waals surface area contributed by atoms with Gasteiger partial charge in [-0.3, -0.25) is 0 Å². The van der Waals surface area contributed by atoms with E-state index in [0.717, 1.165) is 5.75 Å². The summed E-state index contributed by atoms with van der Waals surface area (Å²) in [6.07, 6.45) is 4.69. The number of aryl methyl sites for hydroxylation is 1. The number of allylic oxidation sites excluding steroid dienone is 1. The monoisotopic (exact) mass is 370 g/mol. The Balaban J connectivity index is 1.89. The second kappa shape index (κ2) is 6.86. The molecule has 4 rings (SSSR count). The van der Waals surface area contributed by atoms with Crippen molar-refractivity contribution in [3.05, 3.63) is 89.5 Å². The van der Waals surface area contributed by atoms with Crippen LogP contribution in [0.4, 0.5) is 0 Å². The van der Waals surface area contributed by atoms with Gasteiger partial charge in [0.15, 0.2) is 0 Å². The molecule has 0 radical (unpaired) electrons. The fourth-order valence-electron chi connectivity index (χ4n) is 4.35. The van der Waals surface area contributed by atoms with E-state index in [9.17, 15) is 0 Å². The van der Waals surface area contributed by atoms with Crippen molar-refractivity contribution in [2.45, 2.75) is 25.6 Å². The molecule has 1 nitrogen and oxygen atoms in total. The Morgan fingerprint density at radius 3 is 2.33 bits per heavy atom. The highest BCUT2D eigenvalue weighted by atomic mass is 28.3. The molecule has 1 aliphatic carbocycles. The summed E-state index contributed by atoms with van der Waals surface area (Å²) in [4.78, 5) is 0. The molecule has 0 fully saturated rings. The molecule has 1 unspecified atom stereocenters. The Hall–Kier alpha value is -2.58. The highest BCUT2D eigenvalue weighted by Crippen LogP contribution is 2.40. The van der Waals surface area contributed by atoms with E-state index >= 15 is 0 Å². The Morgan fingerprint density at radius 2 is 1.59 bits per heavy atom. The van der Waals surface area contributed by atoms with E-state index in [4.69, 9.17) is 4.74 Å². The molecular formula is C25H26OSi. The predicted octanol–water partition coefficient (Wildman–Crippen LogP) is 5.94. The lowest BCUT2D eigenvalue weighted by atomic mass is 10.0. The highest BCUT2D eigenvalue weighted by Gasteiger charge is 2.39. The summed E-state index contributed by atoms with van der Waals surface area (Å²) < 4.78 is 6.03. The molecule has 1 aliphatic rings. The number of rotatable bonds is 4. The van der Waals surface area contributed by atoms with Gasteiger partial charge in [-0.15, -0.1) is 0 Å². The molecule has 0 aromatic heterocycles. The largest absolute Gasteiger partial charge is 0.496 e. The van der Waals surface area contributed by atoms with Crippen LogP contribution in [0, 0.1) is 6.92 Å². The van der Waals surface area contributed by atoms with Gasteiger partial charge >= 0.3 is 0 Å². The van der Waals surface area contributed by atoms with Crippen LogP contribution in [0.25, 0.3) is 17.2 Å². The summed E-state index contributed by atoms with van der Waals surface area (Å²) in [5.74, 6) is 1.04. The standard InChI is InChI=1S/C25H26OSi/c1-18-16-22(19-10-6-5-7-11-19)25(26-2)24(17-18)27(3,4)23-15-14-20-12-8-9-13-21(20)23/h5-17,23H,1-4H3. The van der Waals surface area contributed by atoms with Crippen LogP contribution in [0.15, 0.2) is 72.8 Å². The van der Waals surface area contributed by atoms with E-state index in [1.807, 2.05) is 7.11 Å². The van der Waals surface area contributed by atoms with Crippen molar-refractivity contribution in [1.82, 2.24) is 0 Å². The third-order valence-corrected chi connectivity index (χ3v) is 9.61. The van der Waals surface area contributed by atoms with Crippen LogP contribution >= 0.6 is 0 Å². The van der Waals surface area contributed by atoms with Crippen molar-refractivity contribution in [2.24, 2.45) is 0 Å². The van der Waals surface area contributed by atoms with E-state index in [0.29, 0.717) is 5.54 Å². The third kappa shape index (κ3) is 3.04. The number of methoxy groups -OCH3 is 1. The smallest absolute Gasteiger partial charge is 0.125 e. The third-order valence-electron chi connectivity index (χ3n) is 5.79. The molecule has 27 heavy (non-hydrogen) atoms. The molecule has 136 valence electrons. The number of hydrogen-bond donors (Lipinski definition) is 0. The minimum atomic E-state index is -1.87. The minimum Gasteiger partial charge on any atom is -0.496 e. The molecule has 3 aromatic rings. The van der Waals surface area contributed by atoms with Gasteiger partial charge in [0.05, 0.1) is 15.2 Å². The number of ether oxygens (including phenoxy) is 1. The van der Waals surface area contributed by atoms with Crippen LogP contribution in [0.1, 0.15) is 22.2 Å². The quantitative estimate of drug-likeness (QED) is 0.517. The molecule has 0 heterocycles. The SMILES string of the molecule is COc1c(-c2ccccc2)cc(C)cc1[Si](C)(C)C1C=Cc2ccccc21. The van der Waals surface area contributed by atoms with Crippen LogP contribution in [-0.4, -0.2) is 15.2 Å². The normalized spacial score (nSPS) is 15.6. The minimum absolute atomic E-state index is 0.466. The van der Waals surface area contributed by atoms with Crippen LogP contribution in [0.3, 0.4) is 0 Å². The summed E-state index contributed by atoms with van der Waals surface area (Å²) in [6, 6.07) is 24.0. The summed E-state index contributed by atoms with van der Waals surface area (Å²) in [6.45, 7) is 7.13. The van der Waals surface area contributed by atoms with Gasteiger partial charge in [0.25, 0.3) is 0 Å². The van der Waals surface area contributed by atoms with E-state index in [2.05, 4.69) is 98.9 Å². The van der Waals surface area contributed by atoms with E-state index in [-0.39, 0.29) is 0 Å². The molecule has 0 N–H and O–H groups in total. The molecule has 0 spiro atoms. The topological polar surface area (TPSA) is 9.23 Å². The van der Waals surface area contributed by atoms with Crippen LogP contribution in [0.5, 0.6) is 5.75 Å². The molecule has 3 aromatic carbocycles. The highest BCUT2D eigenvalue weighted by molar-refractivity contribution is 6.92. The molecule has 0 saturated heterocycles. The van der Waals surface area contributed by atoms with Gasteiger partial charge < -0.3 is 4.74 Å². The van der Waals surface area contributed by atoms with Gasteiger partial charge in [-0.05, 0) is 34.9 Å². The number of fused-ring (bicyclic) bond motifs is 1. The summed E-state index contributed by atoms with van der Waals surface area (Å²) in [5, 5.41) is 1.40. The van der Waals surface area contributed by atoms with Crippen LogP contribution in [-0.2, 0) is 0 Å². The van der Waals surface area contributed by atoms with Gasteiger partial charge in [-0.2, -0.15) is 0 Å². The first-order valence-electron chi connectivity index (χ1n) is 9.54. The molecule has 0 bridgehead atoms. The fraction of sp³-hybridized carbons (Fsp3) is 0.200. The van der Waals surface area contributed by atoms with Gasteiger partial charge in [0.1, 0.15) is 5.75 Å². The average Bonchev–Trinajstić information content (AvgIpc) is 3.13. The van der Waals surface area contributed by atoms with Crippen molar-refractivity contribution < 1.29 is 4.74 Å². The maximum absolute atomic E-state index is 6.03. The second-order valence-corrected chi connectivity index (χ2v) is 12.6. The Kier molecular flexibility index (Phi) is 4.53. The van der Waals surface area contributed by atoms with Gasteiger partial charge in [0, 0.05) is 11.1 Å². The van der Waals surface area contributed by atoms with E-state index in [1.165, 1.54) is 33.0 Å². The van der Waals surface area contributed by atoms with Crippen molar-refractivity contribution in [2.75, 3.05) is 7.11 Å². The van der Waals surface area contributed by atoms with Crippen molar-refractivity contribution >= 4 is 19.3 Å². The second-order valence-electron chi connectivity index (χ2n) is 7.95. The maximum atomic E-state index is 6.03. The van der Waals surface area contributed by atoms with Gasteiger partial charge in [-0.25, -0.2) is 0 Å². The summed E-state index contributed by atoms with van der Waals surface area (Å²) >= 11 is 0. The van der Waals surface area contributed by atoms with E-state index < -0.39 is 8.07 Å². The number of benzene rings is 3. The number of hydrogen-bond acceptors (Lipinski definition) is 1. The van der Waals surface area contributed by atoms with Crippen molar-refractivity contribution in [3.8, 4) is 16.9 Å². The van der Waals surface area contributed by atoms with Crippen molar-refractivity contribution in [3.63, 3.8) is 0 Å². The zero-order valence-corrected chi connectivity index (χ0v) is 17.5. The summed E-state index contributed by atoms with van der Waals surface area (Å²) in [7, 11) is -0.0616. The molecule has 0 aliphatic heterocycles. The predicted molar refractivity (Wildman–Crippen MR) is 119 cm³/mol. The first kappa shape index (κ1) is 17.8. The first-order valence-corrected chi connectivity index (χ1v) is 12.6. The zero-order valence-electron chi connectivity index (χ0n) is 16.5. The Morgan fingerprint density at radius 1 is 0.889 bits per heavy atom. The summed E-state index contributed by atoms with van der Waals surface area (Å²) in [5.41, 5.74) is 6.99. The lowest BCUT2D eigenvalue weighted by Gasteiger charge is -2.32. The molecule has 0 saturated carbocycles. The van der Waals surface area contributed by atoms with Crippen LogP contribution < -0.4 is 9.92 Å². The molecular weight excluding hydrogens is 344 g/mol. The Labute approximate surface area is 163 Å². The van der Waals surface area contributed by atoms with Gasteiger partial charge in [0.2, 0.25) is 0 Å². The molecule has 0 amide bonds. The zero-order chi connectivity index (χ0) is 19.0. The van der Waals surface area contributed by atoms with E-state index in [1.54, 1.807) is 0 Å². The lowest BCUT2D eigenvalue weighted by Crippen LogP contribution is -2.47. The average molecular weight is 371 g/mol. The van der Waals surface area contributed by atoms with Gasteiger partial charge in [-0.1, -0.05) is 91.5 Å². The fourth-order valence-corrected chi connectivity index (χ4v) is 7.72.